The Hall–Kier alpha value is -1.63. The Morgan fingerprint density at radius 1 is 1.00 bits per heavy atom. The van der Waals surface area contributed by atoms with Gasteiger partial charge < -0.3 is 15.9 Å². The molecule has 0 bridgehead atoms. The molecule has 152 valence electrons. The zero-order valence-electron chi connectivity index (χ0n) is 17.3. The van der Waals surface area contributed by atoms with Gasteiger partial charge in [0, 0.05) is 6.42 Å². The van der Waals surface area contributed by atoms with Gasteiger partial charge in [0.25, 0.3) is 5.91 Å². The Morgan fingerprint density at radius 3 is 2.04 bits per heavy atom. The number of hydrogen-bond donors (Lipinski definition) is 3. The molecule has 7 heteroatoms. The molecule has 0 aromatic carbocycles. The van der Waals surface area contributed by atoms with Gasteiger partial charge in [0.05, 0.1) is 6.04 Å². The third-order valence-corrected chi connectivity index (χ3v) is 3.96. The summed E-state index contributed by atoms with van der Waals surface area (Å²) in [6, 6.07) is -0.692. The SMILES string of the molecule is CC(C)CCC(=O)ONC(=O)[C@](C)(CC(C)C)NC(=O)[C@@H](N)CC(C)C. The zero-order valence-corrected chi connectivity index (χ0v) is 17.3. The van der Waals surface area contributed by atoms with Gasteiger partial charge in [0.15, 0.2) is 0 Å². The number of carbonyl (C=O) groups is 3. The van der Waals surface area contributed by atoms with Crippen LogP contribution in [0.15, 0.2) is 0 Å². The largest absolute Gasteiger partial charge is 0.341 e. The molecule has 26 heavy (non-hydrogen) atoms. The Morgan fingerprint density at radius 2 is 1.58 bits per heavy atom. The highest BCUT2D eigenvalue weighted by molar-refractivity contribution is 5.92. The molecule has 0 aliphatic heterocycles. The maximum Gasteiger partial charge on any atom is 0.332 e. The van der Waals surface area contributed by atoms with Crippen molar-refractivity contribution in [2.75, 3.05) is 0 Å². The van der Waals surface area contributed by atoms with Gasteiger partial charge in [0.2, 0.25) is 5.91 Å². The smallest absolute Gasteiger partial charge is 0.332 e. The summed E-state index contributed by atoms with van der Waals surface area (Å²) in [6.07, 6.45) is 1.82. The van der Waals surface area contributed by atoms with Crippen molar-refractivity contribution in [2.45, 2.75) is 85.7 Å². The van der Waals surface area contributed by atoms with E-state index in [0.717, 1.165) is 0 Å². The summed E-state index contributed by atoms with van der Waals surface area (Å²) in [5.74, 6) is -0.669. The molecule has 0 saturated heterocycles. The van der Waals surface area contributed by atoms with Crippen molar-refractivity contribution in [3.8, 4) is 0 Å². The molecule has 0 unspecified atom stereocenters. The van der Waals surface area contributed by atoms with Crippen LogP contribution in [0.3, 0.4) is 0 Å². The minimum atomic E-state index is -1.21. The third-order valence-electron chi connectivity index (χ3n) is 3.96. The third kappa shape index (κ3) is 9.75. The molecule has 0 rings (SSSR count). The van der Waals surface area contributed by atoms with Crippen LogP contribution < -0.4 is 16.5 Å². The Kier molecular flexibility index (Phi) is 10.5. The summed E-state index contributed by atoms with van der Waals surface area (Å²) in [5.41, 5.74) is 6.90. The van der Waals surface area contributed by atoms with Crippen LogP contribution in [0.4, 0.5) is 0 Å². The second-order valence-corrected chi connectivity index (χ2v) is 8.49. The summed E-state index contributed by atoms with van der Waals surface area (Å²) in [6.45, 7) is 13.5. The summed E-state index contributed by atoms with van der Waals surface area (Å²) >= 11 is 0. The van der Waals surface area contributed by atoms with Crippen LogP contribution >= 0.6 is 0 Å². The molecule has 2 amide bonds. The average molecular weight is 372 g/mol. The lowest BCUT2D eigenvalue weighted by Crippen LogP contribution is -2.60. The molecule has 4 N–H and O–H groups in total. The fourth-order valence-electron chi connectivity index (χ4n) is 2.67. The lowest BCUT2D eigenvalue weighted by Gasteiger charge is -2.32. The number of nitrogens with two attached hydrogens (primary N) is 1. The normalized spacial score (nSPS) is 14.9. The Labute approximate surface area is 157 Å². The average Bonchev–Trinajstić information content (AvgIpc) is 2.48. The predicted molar refractivity (Wildman–Crippen MR) is 102 cm³/mol. The fourth-order valence-corrected chi connectivity index (χ4v) is 2.67. The van der Waals surface area contributed by atoms with E-state index < -0.39 is 23.5 Å². The van der Waals surface area contributed by atoms with Gasteiger partial charge in [-0.25, -0.2) is 4.79 Å². The maximum absolute atomic E-state index is 12.6. The lowest BCUT2D eigenvalue weighted by molar-refractivity contribution is -0.161. The quantitative estimate of drug-likeness (QED) is 0.510. The number of amides is 2. The summed E-state index contributed by atoms with van der Waals surface area (Å²) in [7, 11) is 0. The van der Waals surface area contributed by atoms with Crippen LogP contribution in [-0.2, 0) is 19.2 Å². The summed E-state index contributed by atoms with van der Waals surface area (Å²) < 4.78 is 0. The highest BCUT2D eigenvalue weighted by Gasteiger charge is 2.37. The van der Waals surface area contributed by atoms with Gasteiger partial charge in [-0.05, 0) is 43.9 Å². The maximum atomic E-state index is 12.6. The first kappa shape index (κ1) is 24.4. The molecule has 0 aromatic rings. The van der Waals surface area contributed by atoms with Gasteiger partial charge in [-0.2, -0.15) is 5.48 Å². The van der Waals surface area contributed by atoms with Crippen molar-refractivity contribution in [3.05, 3.63) is 0 Å². The van der Waals surface area contributed by atoms with E-state index >= 15 is 0 Å². The van der Waals surface area contributed by atoms with E-state index in [9.17, 15) is 14.4 Å². The van der Waals surface area contributed by atoms with E-state index in [1.807, 2.05) is 41.5 Å². The summed E-state index contributed by atoms with van der Waals surface area (Å²) in [5, 5.41) is 2.74. The number of nitrogens with one attached hydrogen (secondary N) is 2. The number of hydrogen-bond acceptors (Lipinski definition) is 5. The van der Waals surface area contributed by atoms with Gasteiger partial charge >= 0.3 is 5.97 Å². The fraction of sp³-hybridized carbons (Fsp3) is 0.842. The highest BCUT2D eigenvalue weighted by atomic mass is 16.7. The van der Waals surface area contributed by atoms with Crippen molar-refractivity contribution < 1.29 is 19.2 Å². The topological polar surface area (TPSA) is 111 Å². The van der Waals surface area contributed by atoms with Crippen molar-refractivity contribution in [3.63, 3.8) is 0 Å². The van der Waals surface area contributed by atoms with E-state index in [2.05, 4.69) is 10.8 Å². The molecule has 0 aliphatic carbocycles. The first-order valence-electron chi connectivity index (χ1n) is 9.45. The summed E-state index contributed by atoms with van der Waals surface area (Å²) in [4.78, 5) is 41.5. The number of hydroxylamine groups is 1. The van der Waals surface area contributed by atoms with Crippen molar-refractivity contribution >= 4 is 17.8 Å². The molecular weight excluding hydrogens is 334 g/mol. The van der Waals surface area contributed by atoms with Gasteiger partial charge in [-0.1, -0.05) is 41.5 Å². The van der Waals surface area contributed by atoms with Gasteiger partial charge in [0.1, 0.15) is 5.54 Å². The molecule has 0 radical (unpaired) electrons. The van der Waals surface area contributed by atoms with Crippen LogP contribution in [0.5, 0.6) is 0 Å². The minimum Gasteiger partial charge on any atom is -0.341 e. The molecular formula is C19H37N3O4. The Bertz CT molecular complexity index is 477. The van der Waals surface area contributed by atoms with Crippen molar-refractivity contribution in [1.82, 2.24) is 10.8 Å². The molecule has 0 aromatic heterocycles. The van der Waals surface area contributed by atoms with Crippen LogP contribution in [0.1, 0.15) is 74.1 Å². The second-order valence-electron chi connectivity index (χ2n) is 8.49. The predicted octanol–water partition coefficient (Wildman–Crippen LogP) is 2.29. The first-order chi connectivity index (χ1) is 11.9. The van der Waals surface area contributed by atoms with E-state index in [4.69, 9.17) is 10.6 Å². The highest BCUT2D eigenvalue weighted by Crippen LogP contribution is 2.18. The first-order valence-corrected chi connectivity index (χ1v) is 9.45. The molecule has 2 atom stereocenters. The second kappa shape index (κ2) is 11.2. The molecule has 0 saturated carbocycles. The van der Waals surface area contributed by atoms with Crippen LogP contribution in [-0.4, -0.2) is 29.4 Å². The lowest BCUT2D eigenvalue weighted by atomic mass is 9.89. The van der Waals surface area contributed by atoms with Crippen LogP contribution in [0, 0.1) is 17.8 Å². The van der Waals surface area contributed by atoms with Crippen LogP contribution in [0.25, 0.3) is 0 Å². The van der Waals surface area contributed by atoms with E-state index in [0.29, 0.717) is 25.2 Å². The van der Waals surface area contributed by atoms with Crippen LogP contribution in [0.2, 0.25) is 0 Å². The van der Waals surface area contributed by atoms with Crippen molar-refractivity contribution in [1.29, 1.82) is 0 Å². The van der Waals surface area contributed by atoms with E-state index in [1.54, 1.807) is 6.92 Å². The number of carbonyl (C=O) groups excluding carboxylic acids is 3. The molecule has 0 spiro atoms. The molecule has 0 fully saturated rings. The standard InChI is InChI=1S/C19H37N3O4/c1-12(2)8-9-16(23)26-22-18(25)19(7,11-14(5)6)21-17(24)15(20)10-13(3)4/h12-15H,8-11,20H2,1-7H3,(H,21,24)(H,22,25)/t15-,19-/m0/s1. The zero-order chi connectivity index (χ0) is 20.5. The van der Waals surface area contributed by atoms with E-state index in [-0.39, 0.29) is 24.2 Å². The monoisotopic (exact) mass is 371 g/mol. The number of rotatable bonds is 10. The van der Waals surface area contributed by atoms with Crippen molar-refractivity contribution in [2.24, 2.45) is 23.5 Å². The van der Waals surface area contributed by atoms with Gasteiger partial charge in [-0.15, -0.1) is 0 Å². The molecule has 0 aliphatic rings. The van der Waals surface area contributed by atoms with E-state index in [1.165, 1.54) is 0 Å². The minimum absolute atomic E-state index is 0.143. The molecule has 7 nitrogen and oxygen atoms in total. The Balaban J connectivity index is 4.90. The molecule has 0 heterocycles. The van der Waals surface area contributed by atoms with Gasteiger partial charge in [-0.3, -0.25) is 9.59 Å².